The lowest BCUT2D eigenvalue weighted by molar-refractivity contribution is -0.248. The van der Waals surface area contributed by atoms with Gasteiger partial charge in [-0.25, -0.2) is 0 Å². The molecule has 0 saturated carbocycles. The number of hydrogen-bond donors (Lipinski definition) is 1. The Morgan fingerprint density at radius 2 is 1.50 bits per heavy atom. The molecule has 1 heterocycles. The molecule has 1 N–H and O–H groups in total. The number of ether oxygens (including phenoxy) is 4. The maximum atomic E-state index is 11.8. The Morgan fingerprint density at radius 3 is 2.00 bits per heavy atom. The average Bonchev–Trinajstić information content (AvgIpc) is 2.51. The molecule has 26 heavy (non-hydrogen) atoms. The van der Waals surface area contributed by atoms with Gasteiger partial charge in [0.25, 0.3) is 0 Å². The second-order valence-corrected chi connectivity index (χ2v) is 5.44. The molecule has 1 aliphatic heterocycles. The lowest BCUT2D eigenvalue weighted by atomic mass is 9.98. The monoisotopic (exact) mass is 372 g/mol. The smallest absolute Gasteiger partial charge is 0.303 e. The highest BCUT2D eigenvalue weighted by Gasteiger charge is 2.50. The summed E-state index contributed by atoms with van der Waals surface area (Å²) in [4.78, 5) is 48.5. The van der Waals surface area contributed by atoms with Crippen molar-refractivity contribution in [1.82, 2.24) is 5.32 Å². The molecule has 12 heteroatoms. The van der Waals surface area contributed by atoms with E-state index < -0.39 is 61.0 Å². The highest BCUT2D eigenvalue weighted by Crippen LogP contribution is 2.27. The molecule has 12 nitrogen and oxygen atoms in total. The standard InChI is InChI=1S/C14H20N4O8/c1-6-11(24-7(2)19)12(25-8(3)20)13(26-9(4)21)14(23-6)17-10(22)5-16-18-15/h6,11-14H,5H2,1-4H3,(H,17,22)/t6-,11-,12+,13+,14-/m0/s1. The van der Waals surface area contributed by atoms with Crippen molar-refractivity contribution in [2.24, 2.45) is 5.11 Å². The Balaban J connectivity index is 3.14. The molecule has 1 saturated heterocycles. The third kappa shape index (κ3) is 6.22. The third-order valence-electron chi connectivity index (χ3n) is 3.26. The topological polar surface area (TPSA) is 166 Å². The molecule has 0 bridgehead atoms. The summed E-state index contributed by atoms with van der Waals surface area (Å²) >= 11 is 0. The number of esters is 3. The number of amides is 1. The van der Waals surface area contributed by atoms with Crippen LogP contribution in [0.4, 0.5) is 0 Å². The van der Waals surface area contributed by atoms with Crippen LogP contribution in [0.3, 0.4) is 0 Å². The first kappa shape index (κ1) is 21.2. The predicted octanol–water partition coefficient (Wildman–Crippen LogP) is -0.0472. The summed E-state index contributed by atoms with van der Waals surface area (Å²) in [6, 6.07) is 0. The molecular weight excluding hydrogens is 352 g/mol. The van der Waals surface area contributed by atoms with E-state index in [0.717, 1.165) is 20.8 Å². The van der Waals surface area contributed by atoms with Crippen molar-refractivity contribution in [2.45, 2.75) is 58.3 Å². The van der Waals surface area contributed by atoms with E-state index in [0.29, 0.717) is 0 Å². The van der Waals surface area contributed by atoms with Gasteiger partial charge in [-0.05, 0) is 12.5 Å². The Labute approximate surface area is 148 Å². The Morgan fingerprint density at radius 1 is 1.00 bits per heavy atom. The molecule has 0 radical (unpaired) electrons. The van der Waals surface area contributed by atoms with Gasteiger partial charge in [0, 0.05) is 25.7 Å². The summed E-state index contributed by atoms with van der Waals surface area (Å²) in [5.74, 6) is -2.81. The van der Waals surface area contributed by atoms with E-state index in [9.17, 15) is 19.2 Å². The Bertz CT molecular complexity index is 618. The van der Waals surface area contributed by atoms with Gasteiger partial charge in [-0.1, -0.05) is 5.11 Å². The van der Waals surface area contributed by atoms with Crippen molar-refractivity contribution in [3.8, 4) is 0 Å². The maximum Gasteiger partial charge on any atom is 0.303 e. The molecular formula is C14H20N4O8. The van der Waals surface area contributed by atoms with Crippen LogP contribution >= 0.6 is 0 Å². The highest BCUT2D eigenvalue weighted by molar-refractivity contribution is 5.78. The van der Waals surface area contributed by atoms with Crippen molar-refractivity contribution in [2.75, 3.05) is 6.54 Å². The molecule has 0 aromatic carbocycles. The number of nitrogens with zero attached hydrogens (tertiary/aromatic N) is 3. The molecule has 144 valence electrons. The number of carbonyl (C=O) groups is 4. The van der Waals surface area contributed by atoms with Crippen LogP contribution in [0.1, 0.15) is 27.7 Å². The van der Waals surface area contributed by atoms with E-state index in [1.54, 1.807) is 0 Å². The van der Waals surface area contributed by atoms with Crippen molar-refractivity contribution in [3.05, 3.63) is 10.4 Å². The number of nitrogens with one attached hydrogen (secondary N) is 1. The van der Waals surface area contributed by atoms with Crippen LogP contribution in [0.15, 0.2) is 5.11 Å². The summed E-state index contributed by atoms with van der Waals surface area (Å²) < 4.78 is 21.0. The van der Waals surface area contributed by atoms with Crippen molar-refractivity contribution >= 4 is 23.8 Å². The average molecular weight is 372 g/mol. The third-order valence-corrected chi connectivity index (χ3v) is 3.26. The molecule has 0 unspecified atom stereocenters. The van der Waals surface area contributed by atoms with Gasteiger partial charge in [-0.15, -0.1) is 0 Å². The molecule has 0 aliphatic carbocycles. The van der Waals surface area contributed by atoms with E-state index >= 15 is 0 Å². The first-order valence-corrected chi connectivity index (χ1v) is 7.63. The highest BCUT2D eigenvalue weighted by atomic mass is 16.7. The minimum Gasteiger partial charge on any atom is -0.456 e. The summed E-state index contributed by atoms with van der Waals surface area (Å²) in [7, 11) is 0. The van der Waals surface area contributed by atoms with Gasteiger partial charge >= 0.3 is 17.9 Å². The van der Waals surface area contributed by atoms with Gasteiger partial charge in [0.15, 0.2) is 24.5 Å². The first-order valence-electron chi connectivity index (χ1n) is 7.63. The van der Waals surface area contributed by atoms with Crippen LogP contribution in [0.25, 0.3) is 10.4 Å². The van der Waals surface area contributed by atoms with E-state index in [1.165, 1.54) is 6.92 Å². The molecule has 0 aromatic heterocycles. The molecule has 0 aromatic rings. The van der Waals surface area contributed by atoms with E-state index in [-0.39, 0.29) is 0 Å². The molecule has 1 amide bonds. The van der Waals surface area contributed by atoms with Gasteiger partial charge in [0.05, 0.1) is 6.10 Å². The van der Waals surface area contributed by atoms with Crippen molar-refractivity contribution in [1.29, 1.82) is 0 Å². The van der Waals surface area contributed by atoms with Crippen LogP contribution in [0.5, 0.6) is 0 Å². The van der Waals surface area contributed by atoms with Crippen LogP contribution in [-0.2, 0) is 38.1 Å². The van der Waals surface area contributed by atoms with Crippen molar-refractivity contribution in [3.63, 3.8) is 0 Å². The fourth-order valence-corrected chi connectivity index (χ4v) is 2.43. The summed E-state index contributed by atoms with van der Waals surface area (Å²) in [5, 5.41) is 5.50. The van der Waals surface area contributed by atoms with Gasteiger partial charge in [-0.3, -0.25) is 19.2 Å². The fourth-order valence-electron chi connectivity index (χ4n) is 2.43. The van der Waals surface area contributed by atoms with E-state index in [2.05, 4.69) is 15.3 Å². The SMILES string of the molecule is CC(=O)O[C@@H]1[C@@H](OC(C)=O)[C@H](C)O[C@H](NC(=O)CN=[N+]=[N-])[C@@H]1OC(C)=O. The Kier molecular flexibility index (Phi) is 7.81. The number of rotatable bonds is 6. The zero-order chi connectivity index (χ0) is 19.9. The minimum absolute atomic E-state index is 0.511. The van der Waals surface area contributed by atoms with Gasteiger partial charge < -0.3 is 24.3 Å². The summed E-state index contributed by atoms with van der Waals surface area (Å²) in [5.41, 5.74) is 8.27. The number of hydrogen-bond acceptors (Lipinski definition) is 9. The number of azide groups is 1. The molecule has 5 atom stereocenters. The van der Waals surface area contributed by atoms with E-state index in [1.807, 2.05) is 0 Å². The van der Waals surface area contributed by atoms with Crippen LogP contribution in [0, 0.1) is 0 Å². The van der Waals surface area contributed by atoms with Gasteiger partial charge in [0.1, 0.15) is 6.54 Å². The second-order valence-electron chi connectivity index (χ2n) is 5.44. The summed E-state index contributed by atoms with van der Waals surface area (Å²) in [6.07, 6.45) is -5.59. The summed E-state index contributed by atoms with van der Waals surface area (Å²) in [6.45, 7) is 4.42. The first-order chi connectivity index (χ1) is 12.1. The van der Waals surface area contributed by atoms with Crippen LogP contribution in [0.2, 0.25) is 0 Å². The lowest BCUT2D eigenvalue weighted by Gasteiger charge is -2.43. The lowest BCUT2D eigenvalue weighted by Crippen LogP contribution is -2.64. The normalized spacial score (nSPS) is 27.5. The Hall–Kier alpha value is -2.85. The fraction of sp³-hybridized carbons (Fsp3) is 0.714. The zero-order valence-corrected chi connectivity index (χ0v) is 14.7. The van der Waals surface area contributed by atoms with Gasteiger partial charge in [0.2, 0.25) is 5.91 Å². The minimum atomic E-state index is -1.29. The van der Waals surface area contributed by atoms with Gasteiger partial charge in [-0.2, -0.15) is 0 Å². The van der Waals surface area contributed by atoms with E-state index in [4.69, 9.17) is 24.5 Å². The molecule has 0 spiro atoms. The zero-order valence-electron chi connectivity index (χ0n) is 14.7. The molecule has 1 fully saturated rings. The second kappa shape index (κ2) is 9.59. The predicted molar refractivity (Wildman–Crippen MR) is 83.2 cm³/mol. The quantitative estimate of drug-likeness (QED) is 0.223. The largest absolute Gasteiger partial charge is 0.456 e. The maximum absolute atomic E-state index is 11.8. The van der Waals surface area contributed by atoms with Crippen molar-refractivity contribution < 1.29 is 38.1 Å². The molecule has 1 aliphatic rings. The van der Waals surface area contributed by atoms with Crippen LogP contribution in [-0.4, -0.2) is 61.0 Å². The number of carbonyl (C=O) groups excluding carboxylic acids is 4. The molecule has 1 rings (SSSR count). The van der Waals surface area contributed by atoms with Crippen LogP contribution < -0.4 is 5.32 Å².